The lowest BCUT2D eigenvalue weighted by atomic mass is 9.75. The van der Waals surface area contributed by atoms with Gasteiger partial charge >= 0.3 is 5.97 Å². The summed E-state index contributed by atoms with van der Waals surface area (Å²) in [5, 5.41) is 14.0. The number of hydrogen-bond donors (Lipinski definition) is 0. The molecule has 11 heteroatoms. The molecule has 232 valence electrons. The summed E-state index contributed by atoms with van der Waals surface area (Å²) >= 11 is 0. The van der Waals surface area contributed by atoms with Gasteiger partial charge in [-0.25, -0.2) is 9.50 Å². The quantitative estimate of drug-likeness (QED) is 0.329. The van der Waals surface area contributed by atoms with Crippen LogP contribution >= 0.6 is 13.5 Å². The number of nitrogens with zero attached hydrogens (tertiary/aromatic N) is 7. The second-order valence-corrected chi connectivity index (χ2v) is 12.2. The molecular formula is C32H45N7O3S. The van der Waals surface area contributed by atoms with Crippen LogP contribution in [0.15, 0.2) is 36.8 Å². The highest BCUT2D eigenvalue weighted by Crippen LogP contribution is 2.39. The molecule has 3 aromatic heterocycles. The minimum atomic E-state index is -0.112. The smallest absolute Gasteiger partial charge is 0.306 e. The molecule has 0 N–H and O–H groups in total. The number of carbonyl (C=O) groups excluding carboxylic acids is 1. The Morgan fingerprint density at radius 1 is 1.19 bits per heavy atom. The molecule has 0 saturated carbocycles. The summed E-state index contributed by atoms with van der Waals surface area (Å²) in [5.74, 6) is 1.51. The Labute approximate surface area is 262 Å². The van der Waals surface area contributed by atoms with E-state index in [2.05, 4.69) is 45.9 Å². The number of anilines is 1. The summed E-state index contributed by atoms with van der Waals surface area (Å²) in [6.07, 6.45) is 7.39. The Morgan fingerprint density at radius 2 is 1.95 bits per heavy atom. The van der Waals surface area contributed by atoms with Crippen molar-refractivity contribution in [3.05, 3.63) is 42.4 Å². The first kappa shape index (κ1) is 32.6. The summed E-state index contributed by atoms with van der Waals surface area (Å²) in [7, 11) is 2.19. The van der Waals surface area contributed by atoms with Gasteiger partial charge in [0, 0.05) is 62.6 Å². The van der Waals surface area contributed by atoms with E-state index in [0.717, 1.165) is 74.6 Å². The molecule has 5 rings (SSSR count). The van der Waals surface area contributed by atoms with E-state index >= 15 is 0 Å². The highest BCUT2D eigenvalue weighted by Gasteiger charge is 2.40. The molecule has 43 heavy (non-hydrogen) atoms. The molecule has 0 aliphatic carbocycles. The standard InChI is InChI=1S/C32H43N7O3.H2S/c1-6-41-27-15-28(31-26(17-33)19-35-39(31)21-27)25-7-8-29(34-18-25)38-11-9-32(10-12-38,16-30(40)42-23(2)3)22-37-14-13-36(5)24(4)20-37;/h7-8,15,18-19,21,23-24H,6,9-14,16,20,22H2,1-5H3;1H2/t24-;/m0./s1. The van der Waals surface area contributed by atoms with E-state index in [0.29, 0.717) is 30.4 Å². The lowest BCUT2D eigenvalue weighted by molar-refractivity contribution is -0.151. The molecule has 2 aliphatic heterocycles. The monoisotopic (exact) mass is 607 g/mol. The van der Waals surface area contributed by atoms with E-state index in [1.807, 2.05) is 39.1 Å². The fourth-order valence-corrected chi connectivity index (χ4v) is 6.33. The van der Waals surface area contributed by atoms with Gasteiger partial charge < -0.3 is 19.3 Å². The maximum atomic E-state index is 12.9. The summed E-state index contributed by atoms with van der Waals surface area (Å²) in [5.41, 5.74) is 2.89. The third-order valence-electron chi connectivity index (χ3n) is 8.71. The number of piperazine rings is 1. The van der Waals surface area contributed by atoms with Gasteiger partial charge in [-0.3, -0.25) is 9.69 Å². The fourth-order valence-electron chi connectivity index (χ4n) is 6.33. The normalized spacial score (nSPS) is 19.2. The predicted octanol–water partition coefficient (Wildman–Crippen LogP) is 4.34. The maximum Gasteiger partial charge on any atom is 0.306 e. The van der Waals surface area contributed by atoms with Gasteiger partial charge in [-0.2, -0.15) is 23.9 Å². The lowest BCUT2D eigenvalue weighted by Gasteiger charge is -2.47. The van der Waals surface area contributed by atoms with Crippen molar-refractivity contribution < 1.29 is 14.3 Å². The van der Waals surface area contributed by atoms with Crippen LogP contribution in [0.25, 0.3) is 16.6 Å². The van der Waals surface area contributed by atoms with Crippen LogP contribution in [0, 0.1) is 16.7 Å². The average Bonchev–Trinajstić information content (AvgIpc) is 3.38. The van der Waals surface area contributed by atoms with E-state index < -0.39 is 0 Å². The third kappa shape index (κ3) is 7.43. The Balaban J connectivity index is 0.00000423. The number of pyridine rings is 2. The zero-order chi connectivity index (χ0) is 29.9. The molecule has 10 nitrogen and oxygen atoms in total. The molecule has 0 amide bonds. The first-order valence-corrected chi connectivity index (χ1v) is 15.1. The molecule has 0 aromatic carbocycles. The van der Waals surface area contributed by atoms with E-state index in [1.165, 1.54) is 0 Å². The van der Waals surface area contributed by atoms with Gasteiger partial charge in [0.15, 0.2) is 0 Å². The molecule has 2 fully saturated rings. The van der Waals surface area contributed by atoms with Crippen molar-refractivity contribution in [1.29, 1.82) is 5.26 Å². The Kier molecular flexibility index (Phi) is 10.6. The van der Waals surface area contributed by atoms with Gasteiger partial charge in [0.1, 0.15) is 17.6 Å². The number of fused-ring (bicyclic) bond motifs is 1. The van der Waals surface area contributed by atoms with E-state index in [1.54, 1.807) is 16.9 Å². The van der Waals surface area contributed by atoms with Crippen LogP contribution in [0.4, 0.5) is 5.82 Å². The SMILES string of the molecule is CCOc1cc(-c2ccc(N3CCC(CC(=O)OC(C)C)(CN4CCN(C)[C@@H](C)C4)CC3)nc2)c2c(C#N)cnn2c1.S. The summed E-state index contributed by atoms with van der Waals surface area (Å²) in [6.45, 7) is 14.2. The highest BCUT2D eigenvalue weighted by atomic mass is 32.1. The molecule has 1 atom stereocenters. The second-order valence-electron chi connectivity index (χ2n) is 12.2. The zero-order valence-corrected chi connectivity index (χ0v) is 27.0. The molecule has 0 unspecified atom stereocenters. The van der Waals surface area contributed by atoms with Gasteiger partial charge in [-0.05, 0) is 71.2 Å². The minimum Gasteiger partial charge on any atom is -0.492 e. The number of likely N-dealkylation sites (N-methyl/N-ethyl adjacent to an activating group) is 1. The van der Waals surface area contributed by atoms with E-state index in [9.17, 15) is 10.1 Å². The van der Waals surface area contributed by atoms with Crippen LogP contribution in [0.2, 0.25) is 0 Å². The van der Waals surface area contributed by atoms with E-state index in [4.69, 9.17) is 14.5 Å². The molecule has 2 saturated heterocycles. The third-order valence-corrected chi connectivity index (χ3v) is 8.71. The average molecular weight is 608 g/mol. The maximum absolute atomic E-state index is 12.9. The van der Waals surface area contributed by atoms with Crippen molar-refractivity contribution in [3.8, 4) is 22.9 Å². The Hall–Kier alpha value is -3.33. The minimum absolute atomic E-state index is 0. The first-order valence-electron chi connectivity index (χ1n) is 15.1. The number of esters is 1. The van der Waals surface area contributed by atoms with Crippen molar-refractivity contribution >= 4 is 30.8 Å². The van der Waals surface area contributed by atoms with Crippen molar-refractivity contribution in [2.75, 3.05) is 57.8 Å². The summed E-state index contributed by atoms with van der Waals surface area (Å²) in [6, 6.07) is 8.79. The van der Waals surface area contributed by atoms with Crippen LogP contribution in [0.1, 0.15) is 52.5 Å². The molecule has 3 aromatic rings. The number of nitriles is 1. The predicted molar refractivity (Wildman–Crippen MR) is 173 cm³/mol. The number of piperidine rings is 1. The Morgan fingerprint density at radius 3 is 2.58 bits per heavy atom. The summed E-state index contributed by atoms with van der Waals surface area (Å²) < 4.78 is 13.1. The lowest BCUT2D eigenvalue weighted by Crippen LogP contribution is -2.55. The number of hydrogen-bond acceptors (Lipinski definition) is 9. The van der Waals surface area contributed by atoms with Crippen LogP contribution in [0.5, 0.6) is 5.75 Å². The molecular weight excluding hydrogens is 562 g/mol. The van der Waals surface area contributed by atoms with Crippen molar-refractivity contribution in [3.63, 3.8) is 0 Å². The molecule has 5 heterocycles. The molecule has 2 aliphatic rings. The fraction of sp³-hybridized carbons (Fsp3) is 0.562. The van der Waals surface area contributed by atoms with Crippen LogP contribution in [-0.4, -0.2) is 95.4 Å². The molecule has 0 bridgehead atoms. The number of ether oxygens (including phenoxy) is 2. The van der Waals surface area contributed by atoms with Crippen LogP contribution in [0.3, 0.4) is 0 Å². The largest absolute Gasteiger partial charge is 0.492 e. The Bertz CT molecular complexity index is 1430. The molecule has 0 radical (unpaired) electrons. The second kappa shape index (κ2) is 14.0. The number of rotatable bonds is 9. The highest BCUT2D eigenvalue weighted by molar-refractivity contribution is 7.59. The topological polar surface area (TPSA) is 99.2 Å². The number of carbonyl (C=O) groups is 1. The van der Waals surface area contributed by atoms with Crippen LogP contribution in [-0.2, 0) is 9.53 Å². The molecule has 0 spiro atoms. The van der Waals surface area contributed by atoms with Crippen molar-refractivity contribution in [2.24, 2.45) is 5.41 Å². The van der Waals surface area contributed by atoms with Crippen molar-refractivity contribution in [1.82, 2.24) is 24.4 Å². The van der Waals surface area contributed by atoms with E-state index in [-0.39, 0.29) is 31.0 Å². The van der Waals surface area contributed by atoms with Gasteiger partial charge in [0.05, 0.1) is 42.6 Å². The van der Waals surface area contributed by atoms with Gasteiger partial charge in [0.2, 0.25) is 0 Å². The zero-order valence-electron chi connectivity index (χ0n) is 26.0. The van der Waals surface area contributed by atoms with Gasteiger partial charge in [-0.1, -0.05) is 0 Å². The van der Waals surface area contributed by atoms with Crippen molar-refractivity contribution in [2.45, 2.75) is 59.1 Å². The van der Waals surface area contributed by atoms with Gasteiger partial charge in [-0.15, -0.1) is 0 Å². The van der Waals surface area contributed by atoms with Crippen LogP contribution < -0.4 is 9.64 Å². The summed E-state index contributed by atoms with van der Waals surface area (Å²) in [4.78, 5) is 25.0. The first-order chi connectivity index (χ1) is 20.2. The van der Waals surface area contributed by atoms with Gasteiger partial charge in [0.25, 0.3) is 0 Å². The number of aromatic nitrogens is 3.